The number of piperidine rings is 1. The van der Waals surface area contributed by atoms with Crippen molar-refractivity contribution in [3.8, 4) is 0 Å². The highest BCUT2D eigenvalue weighted by molar-refractivity contribution is 6.30. The highest BCUT2D eigenvalue weighted by atomic mass is 35.5. The second-order valence-corrected chi connectivity index (χ2v) is 12.8. The number of nitrogens with zero attached hydrogens (tertiary/aromatic N) is 1. The third kappa shape index (κ3) is 8.15. The summed E-state index contributed by atoms with van der Waals surface area (Å²) < 4.78 is 39.9. The minimum absolute atomic E-state index is 0.0218. The molecule has 4 aromatic carbocycles. The molecule has 0 radical (unpaired) electrons. The average molecular weight is 661 g/mol. The van der Waals surface area contributed by atoms with Crippen molar-refractivity contribution in [3.63, 3.8) is 0 Å². The van der Waals surface area contributed by atoms with Gasteiger partial charge in [-0.2, -0.15) is 13.2 Å². The first-order chi connectivity index (χ1) is 22.6. The van der Waals surface area contributed by atoms with Crippen molar-refractivity contribution >= 4 is 34.8 Å². The molecule has 6 nitrogen and oxygen atoms in total. The number of hydrogen-bond acceptors (Lipinski definition) is 4. The van der Waals surface area contributed by atoms with Crippen molar-refractivity contribution in [1.82, 2.24) is 15.5 Å². The van der Waals surface area contributed by atoms with Gasteiger partial charge in [-0.05, 0) is 79.3 Å². The number of nitrogens with one attached hydrogen (secondary N) is 3. The maximum atomic E-state index is 13.9. The summed E-state index contributed by atoms with van der Waals surface area (Å²) >= 11 is 6.08. The molecule has 2 bridgehead atoms. The van der Waals surface area contributed by atoms with Crippen LogP contribution in [0.3, 0.4) is 0 Å². The van der Waals surface area contributed by atoms with Crippen LogP contribution in [0.15, 0.2) is 103 Å². The molecule has 4 aromatic rings. The van der Waals surface area contributed by atoms with Crippen molar-refractivity contribution in [2.45, 2.75) is 69.0 Å². The van der Waals surface area contributed by atoms with Gasteiger partial charge in [-0.1, -0.05) is 72.3 Å². The molecular weight excluding hydrogens is 625 g/mol. The van der Waals surface area contributed by atoms with Crippen LogP contribution in [0.2, 0.25) is 5.02 Å². The topological polar surface area (TPSA) is 73.5 Å². The Morgan fingerprint density at radius 3 is 2.21 bits per heavy atom. The van der Waals surface area contributed by atoms with Gasteiger partial charge in [0.25, 0.3) is 5.91 Å². The summed E-state index contributed by atoms with van der Waals surface area (Å²) in [7, 11) is 0. The number of benzene rings is 4. The van der Waals surface area contributed by atoms with E-state index in [2.05, 4.69) is 33.0 Å². The molecule has 0 spiro atoms. The van der Waals surface area contributed by atoms with Crippen LogP contribution < -0.4 is 16.0 Å². The lowest BCUT2D eigenvalue weighted by Gasteiger charge is -2.39. The number of amides is 2. The number of hydrogen-bond donors (Lipinski definition) is 3. The number of halogens is 4. The number of para-hydroxylation sites is 1. The first kappa shape index (κ1) is 32.6. The van der Waals surface area contributed by atoms with Crippen molar-refractivity contribution < 1.29 is 22.8 Å². The van der Waals surface area contributed by atoms with Gasteiger partial charge in [0, 0.05) is 41.8 Å². The van der Waals surface area contributed by atoms with E-state index < -0.39 is 23.7 Å². The van der Waals surface area contributed by atoms with Gasteiger partial charge in [0.05, 0.1) is 16.8 Å². The third-order valence-electron chi connectivity index (χ3n) is 9.05. The highest BCUT2D eigenvalue weighted by Crippen LogP contribution is 2.37. The molecule has 0 saturated carbocycles. The lowest BCUT2D eigenvalue weighted by molar-refractivity contribution is -0.137. The second-order valence-electron chi connectivity index (χ2n) is 12.3. The van der Waals surface area contributed by atoms with Gasteiger partial charge in [-0.3, -0.25) is 14.5 Å². The molecule has 2 saturated heterocycles. The number of alkyl halides is 3. The molecule has 2 fully saturated rings. The van der Waals surface area contributed by atoms with Crippen LogP contribution in [0.5, 0.6) is 0 Å². The van der Waals surface area contributed by atoms with Gasteiger partial charge in [-0.15, -0.1) is 0 Å². The van der Waals surface area contributed by atoms with Gasteiger partial charge in [-0.25, -0.2) is 0 Å². The van der Waals surface area contributed by atoms with Crippen molar-refractivity contribution in [2.24, 2.45) is 0 Å². The summed E-state index contributed by atoms with van der Waals surface area (Å²) in [6.45, 7) is 0.841. The van der Waals surface area contributed by atoms with Gasteiger partial charge >= 0.3 is 6.18 Å². The Hall–Kier alpha value is -4.34. The Bertz CT molecular complexity index is 1690. The monoisotopic (exact) mass is 660 g/mol. The zero-order valence-electron chi connectivity index (χ0n) is 25.6. The summed E-state index contributed by atoms with van der Waals surface area (Å²) in [4.78, 5) is 30.1. The van der Waals surface area contributed by atoms with Gasteiger partial charge in [0.1, 0.15) is 6.04 Å². The zero-order valence-corrected chi connectivity index (χ0v) is 26.4. The van der Waals surface area contributed by atoms with E-state index in [4.69, 9.17) is 11.6 Å². The first-order valence-electron chi connectivity index (χ1n) is 15.8. The molecule has 244 valence electrons. The predicted molar refractivity (Wildman–Crippen MR) is 178 cm³/mol. The predicted octanol–water partition coefficient (Wildman–Crippen LogP) is 7.76. The smallest absolute Gasteiger partial charge is 0.355 e. The van der Waals surface area contributed by atoms with Crippen LogP contribution in [-0.4, -0.2) is 40.9 Å². The summed E-state index contributed by atoms with van der Waals surface area (Å²) in [5, 5.41) is 9.83. The van der Waals surface area contributed by atoms with E-state index in [1.807, 2.05) is 42.5 Å². The second kappa shape index (κ2) is 14.2. The molecule has 2 aliphatic rings. The summed E-state index contributed by atoms with van der Waals surface area (Å²) in [5.74, 6) is -0.768. The number of anilines is 2. The molecule has 2 aliphatic heterocycles. The lowest BCUT2D eigenvalue weighted by Crippen LogP contribution is -2.55. The normalized spacial score (nSPS) is 20.0. The van der Waals surface area contributed by atoms with Crippen LogP contribution >= 0.6 is 11.6 Å². The minimum Gasteiger partial charge on any atom is -0.355 e. The molecule has 0 aromatic heterocycles. The van der Waals surface area contributed by atoms with Crippen LogP contribution in [0.1, 0.15) is 52.7 Å². The largest absolute Gasteiger partial charge is 0.416 e. The van der Waals surface area contributed by atoms with Gasteiger partial charge in [0.15, 0.2) is 0 Å². The molecule has 10 heteroatoms. The molecule has 4 atom stereocenters. The highest BCUT2D eigenvalue weighted by Gasteiger charge is 2.41. The Morgan fingerprint density at radius 2 is 1.51 bits per heavy atom. The molecular formula is C37H36ClF3N4O2. The Morgan fingerprint density at radius 1 is 0.830 bits per heavy atom. The fourth-order valence-electron chi connectivity index (χ4n) is 6.77. The molecule has 3 unspecified atom stereocenters. The number of carbonyl (C=O) groups excluding carboxylic acids is 2. The molecule has 0 aliphatic carbocycles. The van der Waals surface area contributed by atoms with Crippen molar-refractivity contribution in [1.29, 1.82) is 0 Å². The number of rotatable bonds is 10. The first-order valence-corrected chi connectivity index (χ1v) is 16.2. The molecule has 47 heavy (non-hydrogen) atoms. The van der Waals surface area contributed by atoms with E-state index in [0.717, 1.165) is 49.9 Å². The Labute approximate surface area is 277 Å². The summed E-state index contributed by atoms with van der Waals surface area (Å²) in [5.41, 5.74) is 2.03. The van der Waals surface area contributed by atoms with E-state index in [0.29, 0.717) is 22.8 Å². The fraction of sp³-hybridized carbons (Fsp3) is 0.297. The summed E-state index contributed by atoms with van der Waals surface area (Å²) in [6.07, 6.45) is -0.421. The van der Waals surface area contributed by atoms with Gasteiger partial charge < -0.3 is 16.0 Å². The SMILES string of the molecule is O=C(NC(Cc1ccccc1)C(=O)NC1CC2CC[C@@H](C1)N2Cc1ccc(Cl)cc1)c1ccccc1Nc1cccc(C(F)(F)F)c1. The van der Waals surface area contributed by atoms with Crippen LogP contribution in [-0.2, 0) is 23.9 Å². The quantitative estimate of drug-likeness (QED) is 0.163. The van der Waals surface area contributed by atoms with E-state index in [1.165, 1.54) is 17.7 Å². The Kier molecular flexibility index (Phi) is 9.84. The summed E-state index contributed by atoms with van der Waals surface area (Å²) in [6, 6.07) is 28.6. The molecule has 2 heterocycles. The van der Waals surface area contributed by atoms with Crippen LogP contribution in [0.4, 0.5) is 24.5 Å². The van der Waals surface area contributed by atoms with Crippen molar-refractivity contribution in [3.05, 3.63) is 130 Å². The zero-order chi connectivity index (χ0) is 33.0. The lowest BCUT2D eigenvalue weighted by atomic mass is 9.95. The van der Waals surface area contributed by atoms with E-state index in [-0.39, 0.29) is 29.6 Å². The maximum Gasteiger partial charge on any atom is 0.416 e. The number of fused-ring (bicyclic) bond motifs is 2. The molecule has 2 amide bonds. The van der Waals surface area contributed by atoms with E-state index in [1.54, 1.807) is 24.3 Å². The van der Waals surface area contributed by atoms with Crippen molar-refractivity contribution in [2.75, 3.05) is 5.32 Å². The Balaban J connectivity index is 1.15. The molecule has 6 rings (SSSR count). The fourth-order valence-corrected chi connectivity index (χ4v) is 6.89. The minimum atomic E-state index is -4.50. The average Bonchev–Trinajstić information content (AvgIpc) is 3.28. The maximum absolute atomic E-state index is 13.9. The van der Waals surface area contributed by atoms with Crippen LogP contribution in [0.25, 0.3) is 0 Å². The van der Waals surface area contributed by atoms with E-state index in [9.17, 15) is 22.8 Å². The number of carbonyl (C=O) groups is 2. The van der Waals surface area contributed by atoms with E-state index >= 15 is 0 Å². The molecule has 3 N–H and O–H groups in total. The standard InChI is InChI=1S/C37H36ClF3N4O2/c38-27-15-13-25(14-16-27)23-45-30-17-18-31(45)22-29(21-30)43-36(47)34(19-24-7-2-1-3-8-24)44-35(46)32-11-4-5-12-33(32)42-28-10-6-9-26(20-28)37(39,40)41/h1-16,20,29-31,34,42H,17-19,21-23H2,(H,43,47)(H,44,46)/t29?,30-,31?,34?/m0/s1. The van der Waals surface area contributed by atoms with Crippen LogP contribution in [0, 0.1) is 0 Å². The third-order valence-corrected chi connectivity index (χ3v) is 9.31. The van der Waals surface area contributed by atoms with Gasteiger partial charge in [0.2, 0.25) is 5.91 Å².